The van der Waals surface area contributed by atoms with Gasteiger partial charge in [0.15, 0.2) is 0 Å². The lowest BCUT2D eigenvalue weighted by Gasteiger charge is -2.44. The van der Waals surface area contributed by atoms with Crippen LogP contribution < -0.4 is 5.69 Å². The second-order valence-corrected chi connectivity index (χ2v) is 11.5. The molecule has 41 heavy (non-hydrogen) atoms. The standard InChI is InChI=1S/C31H35ClFN5O3/c1-7-28(39)35(6)27(36-13-15-37(16-14-36)31(2,3)4)11-9-22-18-23(33)20-24(29(22)40)21-8-10-26(25(32)19-21)38-17-12-34(5)30(38)41/h1,8,10-12,17-20,40H,9,13-16H2,2-6H3/b27-11+. The van der Waals surface area contributed by atoms with E-state index in [1.54, 1.807) is 50.8 Å². The summed E-state index contributed by atoms with van der Waals surface area (Å²) >= 11 is 6.52. The van der Waals surface area contributed by atoms with E-state index in [9.17, 15) is 19.1 Å². The highest BCUT2D eigenvalue weighted by atomic mass is 35.5. The zero-order chi connectivity index (χ0) is 30.1. The number of amides is 1. The van der Waals surface area contributed by atoms with Gasteiger partial charge in [0, 0.05) is 69.3 Å². The maximum Gasteiger partial charge on any atom is 0.332 e. The van der Waals surface area contributed by atoms with Gasteiger partial charge >= 0.3 is 11.6 Å². The fourth-order valence-electron chi connectivity index (χ4n) is 5.04. The molecule has 0 saturated carbocycles. The van der Waals surface area contributed by atoms with Crippen molar-refractivity contribution in [2.75, 3.05) is 33.2 Å². The normalized spacial score (nSPS) is 14.7. The minimum atomic E-state index is -0.533. The van der Waals surface area contributed by atoms with E-state index >= 15 is 0 Å². The number of hydrogen-bond acceptors (Lipinski definition) is 5. The minimum Gasteiger partial charge on any atom is -0.507 e. The van der Waals surface area contributed by atoms with Crippen LogP contribution >= 0.6 is 11.6 Å². The molecule has 1 fully saturated rings. The van der Waals surface area contributed by atoms with Crippen molar-refractivity contribution in [1.29, 1.82) is 0 Å². The Hall–Kier alpha value is -4.00. The molecule has 216 valence electrons. The van der Waals surface area contributed by atoms with Crippen LogP contribution in [-0.4, -0.2) is 73.6 Å². The van der Waals surface area contributed by atoms with E-state index in [1.165, 1.54) is 26.2 Å². The van der Waals surface area contributed by atoms with Gasteiger partial charge in [-0.2, -0.15) is 0 Å². The number of phenolic OH excluding ortho intramolecular Hbond substituents is 1. The summed E-state index contributed by atoms with van der Waals surface area (Å²) in [5.41, 5.74) is 1.33. The minimum absolute atomic E-state index is 0.0262. The number of aromatic hydroxyl groups is 1. The fourth-order valence-corrected chi connectivity index (χ4v) is 5.31. The first kappa shape index (κ1) is 30.0. The van der Waals surface area contributed by atoms with E-state index < -0.39 is 11.7 Å². The Balaban J connectivity index is 1.66. The van der Waals surface area contributed by atoms with Crippen LogP contribution in [0.25, 0.3) is 16.8 Å². The Kier molecular flexibility index (Phi) is 8.66. The summed E-state index contributed by atoms with van der Waals surface area (Å²) in [6.07, 6.45) is 10.6. The monoisotopic (exact) mass is 579 g/mol. The molecule has 1 aromatic heterocycles. The topological polar surface area (TPSA) is 73.9 Å². The predicted molar refractivity (Wildman–Crippen MR) is 159 cm³/mol. The molecule has 0 radical (unpaired) electrons. The lowest BCUT2D eigenvalue weighted by Crippen LogP contribution is -2.54. The number of benzene rings is 2. The average molecular weight is 580 g/mol. The van der Waals surface area contributed by atoms with Crippen LogP contribution in [0.1, 0.15) is 26.3 Å². The first-order valence-electron chi connectivity index (χ1n) is 13.3. The van der Waals surface area contributed by atoms with Gasteiger partial charge in [-0.25, -0.2) is 9.18 Å². The summed E-state index contributed by atoms with van der Waals surface area (Å²) in [6.45, 7) is 9.47. The first-order valence-corrected chi connectivity index (χ1v) is 13.7. The molecule has 2 heterocycles. The highest BCUT2D eigenvalue weighted by Crippen LogP contribution is 2.36. The summed E-state index contributed by atoms with van der Waals surface area (Å²) in [4.78, 5) is 30.7. The molecule has 1 aliphatic rings. The van der Waals surface area contributed by atoms with Gasteiger partial charge in [-0.15, -0.1) is 6.42 Å². The number of hydrogen-bond donors (Lipinski definition) is 1. The summed E-state index contributed by atoms with van der Waals surface area (Å²) < 4.78 is 17.7. The van der Waals surface area contributed by atoms with Crippen LogP contribution in [-0.2, 0) is 18.3 Å². The van der Waals surface area contributed by atoms with Crippen LogP contribution in [0, 0.1) is 18.2 Å². The Bertz CT molecular complexity index is 1590. The number of allylic oxidation sites excluding steroid dienone is 1. The van der Waals surface area contributed by atoms with Crippen LogP contribution in [0.4, 0.5) is 4.39 Å². The summed E-state index contributed by atoms with van der Waals surface area (Å²) in [5, 5.41) is 11.5. The van der Waals surface area contributed by atoms with E-state index in [0.717, 1.165) is 13.1 Å². The third kappa shape index (κ3) is 6.34. The van der Waals surface area contributed by atoms with Crippen LogP contribution in [0.15, 0.2) is 59.4 Å². The maximum atomic E-state index is 14.8. The maximum absolute atomic E-state index is 14.8. The molecular weight excluding hydrogens is 545 g/mol. The molecule has 0 unspecified atom stereocenters. The molecule has 10 heteroatoms. The van der Waals surface area contributed by atoms with Gasteiger partial charge in [0.1, 0.15) is 17.4 Å². The number of rotatable bonds is 6. The average Bonchev–Trinajstić information content (AvgIpc) is 3.26. The second-order valence-electron chi connectivity index (χ2n) is 11.1. The SMILES string of the molecule is C#CC(=O)N(C)/C(=C\Cc1cc(F)cc(-c2ccc(-n3ccn(C)c3=O)c(Cl)c2)c1O)N1CCN(C(C)(C)C)CC1. The first-order chi connectivity index (χ1) is 19.3. The number of nitrogens with zero attached hydrogens (tertiary/aromatic N) is 5. The van der Waals surface area contributed by atoms with Gasteiger partial charge in [0.2, 0.25) is 0 Å². The van der Waals surface area contributed by atoms with Gasteiger partial charge < -0.3 is 14.6 Å². The van der Waals surface area contributed by atoms with Crippen molar-refractivity contribution in [2.45, 2.75) is 32.7 Å². The van der Waals surface area contributed by atoms with Gasteiger partial charge in [-0.05, 0) is 69.0 Å². The molecule has 4 rings (SSSR count). The van der Waals surface area contributed by atoms with Crippen molar-refractivity contribution in [3.63, 3.8) is 0 Å². The molecular formula is C31H35ClFN5O3. The third-order valence-corrected chi connectivity index (χ3v) is 7.75. The summed E-state index contributed by atoms with van der Waals surface area (Å²) in [5.74, 6) is 1.63. The van der Waals surface area contributed by atoms with Crippen molar-refractivity contribution in [3.05, 3.63) is 81.5 Å². The van der Waals surface area contributed by atoms with Gasteiger partial charge in [-0.3, -0.25) is 19.2 Å². The Labute approximate surface area is 244 Å². The quantitative estimate of drug-likeness (QED) is 0.443. The highest BCUT2D eigenvalue weighted by Gasteiger charge is 2.28. The van der Waals surface area contributed by atoms with Crippen molar-refractivity contribution in [3.8, 4) is 34.9 Å². The van der Waals surface area contributed by atoms with E-state index in [2.05, 4.69) is 36.5 Å². The number of phenols is 1. The number of terminal acetylenes is 1. The molecule has 2 aromatic carbocycles. The Morgan fingerprint density at radius 1 is 1.17 bits per heavy atom. The molecule has 1 N–H and O–H groups in total. The smallest absolute Gasteiger partial charge is 0.332 e. The molecule has 1 aliphatic heterocycles. The Morgan fingerprint density at radius 3 is 2.41 bits per heavy atom. The molecule has 0 spiro atoms. The molecule has 1 saturated heterocycles. The molecule has 1 amide bonds. The number of piperazine rings is 1. The molecule has 3 aromatic rings. The fraction of sp³-hybridized carbons (Fsp3) is 0.355. The number of carbonyl (C=O) groups excluding carboxylic acids is 1. The molecule has 8 nitrogen and oxygen atoms in total. The number of imidazole rings is 1. The van der Waals surface area contributed by atoms with Gasteiger partial charge in [0.05, 0.1) is 10.7 Å². The van der Waals surface area contributed by atoms with Crippen LogP contribution in [0.5, 0.6) is 5.75 Å². The molecule has 0 bridgehead atoms. The Morgan fingerprint density at radius 2 is 1.85 bits per heavy atom. The van der Waals surface area contributed by atoms with Crippen LogP contribution in [0.2, 0.25) is 5.02 Å². The van der Waals surface area contributed by atoms with Gasteiger partial charge in [0.25, 0.3) is 0 Å². The summed E-state index contributed by atoms with van der Waals surface area (Å²) in [6, 6.07) is 7.42. The third-order valence-electron chi connectivity index (χ3n) is 7.45. The van der Waals surface area contributed by atoms with Crippen molar-refractivity contribution in [2.24, 2.45) is 7.05 Å². The predicted octanol–water partition coefficient (Wildman–Crippen LogP) is 4.23. The number of carbonyl (C=O) groups is 1. The van der Waals surface area contributed by atoms with Crippen molar-refractivity contribution >= 4 is 17.5 Å². The molecule has 0 atom stereocenters. The van der Waals surface area contributed by atoms with Crippen molar-refractivity contribution < 1.29 is 14.3 Å². The van der Waals surface area contributed by atoms with E-state index in [-0.39, 0.29) is 34.0 Å². The molecule has 0 aliphatic carbocycles. The zero-order valence-corrected chi connectivity index (χ0v) is 24.7. The summed E-state index contributed by atoms with van der Waals surface area (Å²) in [7, 11) is 3.25. The lowest BCUT2D eigenvalue weighted by atomic mass is 9.99. The lowest BCUT2D eigenvalue weighted by molar-refractivity contribution is -0.123. The highest BCUT2D eigenvalue weighted by molar-refractivity contribution is 6.32. The largest absolute Gasteiger partial charge is 0.507 e. The second kappa shape index (κ2) is 11.9. The van der Waals surface area contributed by atoms with E-state index in [4.69, 9.17) is 18.0 Å². The number of aromatic nitrogens is 2. The van der Waals surface area contributed by atoms with Gasteiger partial charge in [-0.1, -0.05) is 17.7 Å². The number of halogens is 2. The van der Waals surface area contributed by atoms with Crippen molar-refractivity contribution in [1.82, 2.24) is 23.8 Å². The number of aryl methyl sites for hydroxylation is 1. The van der Waals surface area contributed by atoms with E-state index in [0.29, 0.717) is 35.7 Å². The van der Waals surface area contributed by atoms with Crippen LogP contribution in [0.3, 0.4) is 0 Å². The van der Waals surface area contributed by atoms with E-state index in [1.807, 2.05) is 0 Å². The zero-order valence-electron chi connectivity index (χ0n) is 24.0.